The van der Waals surface area contributed by atoms with E-state index in [0.717, 1.165) is 0 Å². The fraction of sp³-hybridized carbons (Fsp3) is 0.760. The summed E-state index contributed by atoms with van der Waals surface area (Å²) in [5.41, 5.74) is -1.27. The first-order valence-electron chi connectivity index (χ1n) is 12.8. The zero-order valence-corrected chi connectivity index (χ0v) is 23.5. The Kier molecular flexibility index (Phi) is 8.50. The number of alkyl halides is 3. The van der Waals surface area contributed by atoms with Gasteiger partial charge in [-0.2, -0.15) is 13.2 Å². The smallest absolute Gasteiger partial charge is 0.356 e. The molecule has 1 aliphatic carbocycles. The van der Waals surface area contributed by atoms with Gasteiger partial charge in [0.1, 0.15) is 11.1 Å². The maximum atomic E-state index is 13.6. The van der Waals surface area contributed by atoms with E-state index in [-0.39, 0.29) is 42.5 Å². The second-order valence-electron chi connectivity index (χ2n) is 12.3. The first-order chi connectivity index (χ1) is 17.8. The molecule has 0 radical (unpaired) electrons. The highest BCUT2D eigenvalue weighted by molar-refractivity contribution is 7.99. The van der Waals surface area contributed by atoms with Crippen LogP contribution in [0.3, 0.4) is 0 Å². The van der Waals surface area contributed by atoms with Gasteiger partial charge in [0.2, 0.25) is 23.5 Å². The number of thiol groups is 1. The highest BCUT2D eigenvalue weighted by Gasteiger charge is 2.68. The lowest BCUT2D eigenvalue weighted by atomic mass is 9.85. The lowest BCUT2D eigenvalue weighted by Gasteiger charge is -2.38. The molecule has 39 heavy (non-hydrogen) atoms. The number of likely N-dealkylation sites (tertiary alicyclic amines) is 1. The highest BCUT2D eigenvalue weighted by atomic mass is 32.1. The van der Waals surface area contributed by atoms with Crippen molar-refractivity contribution in [1.82, 2.24) is 20.9 Å². The lowest BCUT2D eigenvalue weighted by molar-refractivity contribution is -0.176. The number of fused-ring (bicyclic) bond motifs is 1. The number of halogens is 3. The summed E-state index contributed by atoms with van der Waals surface area (Å²) in [6.07, 6.45) is -4.95. The standard InChI is InChI=1S/C25H36F3N5O5S/c1-23(2,3)18(32-22(38)25(26,27)28)21(37)33-10-12-16(24(12,4)5)14(33)9-15(34)31-13(17(35)19(29)39)8-11-6-7-30-20(11)36/h11-14,16,18H,6-10H2,1-5H3,(H2,29,39)(H,30,36)(H,31,34)(H,32,38)/t11-,12-,13-,14+,16-,18+/m0/s1. The second-order valence-corrected chi connectivity index (χ2v) is 12.8. The molecule has 4 amide bonds. The van der Waals surface area contributed by atoms with E-state index >= 15 is 0 Å². The predicted molar refractivity (Wildman–Crippen MR) is 138 cm³/mol. The topological polar surface area (TPSA) is 149 Å². The number of carbonyl (C=O) groups excluding carboxylic acids is 5. The SMILES string of the molecule is CC(C)(C)[C@H](NC(=O)C(F)(F)F)C(=O)N1C[C@H]2[C@@H]([C@H]1CC(=O)N[C@@H](C[C@@H]1CCNC1=O)C(=O)C(=N)S)C2(C)C. The van der Waals surface area contributed by atoms with Gasteiger partial charge < -0.3 is 20.9 Å². The monoisotopic (exact) mass is 575 g/mol. The Hall–Kier alpha value is -2.64. The van der Waals surface area contributed by atoms with Crippen LogP contribution in [-0.2, 0) is 24.0 Å². The quantitative estimate of drug-likeness (QED) is 0.160. The van der Waals surface area contributed by atoms with Gasteiger partial charge in [0.05, 0.1) is 6.04 Å². The molecule has 6 atom stereocenters. The third kappa shape index (κ3) is 6.58. The number of carbonyl (C=O) groups is 5. The molecule has 2 aliphatic heterocycles. The maximum Gasteiger partial charge on any atom is 0.471 e. The van der Waals surface area contributed by atoms with Crippen LogP contribution in [0.15, 0.2) is 0 Å². The molecule has 1 saturated carbocycles. The van der Waals surface area contributed by atoms with Crippen molar-refractivity contribution in [3.63, 3.8) is 0 Å². The Balaban J connectivity index is 1.80. The van der Waals surface area contributed by atoms with Crippen LogP contribution in [0, 0.1) is 34.0 Å². The van der Waals surface area contributed by atoms with Crippen LogP contribution >= 0.6 is 12.6 Å². The minimum Gasteiger partial charge on any atom is -0.356 e. The van der Waals surface area contributed by atoms with Crippen molar-refractivity contribution >= 4 is 47.1 Å². The number of nitrogens with one attached hydrogen (secondary N) is 4. The van der Waals surface area contributed by atoms with Crippen LogP contribution in [0.2, 0.25) is 0 Å². The number of nitrogens with zero attached hydrogens (tertiary/aromatic N) is 1. The zero-order valence-electron chi connectivity index (χ0n) is 22.6. The van der Waals surface area contributed by atoms with Crippen LogP contribution in [0.25, 0.3) is 0 Å². The summed E-state index contributed by atoms with van der Waals surface area (Å²) in [5, 5.41) is 14.1. The Morgan fingerprint density at radius 3 is 2.28 bits per heavy atom. The van der Waals surface area contributed by atoms with Crippen molar-refractivity contribution in [2.24, 2.45) is 28.6 Å². The molecule has 2 saturated heterocycles. The number of hydrogen-bond donors (Lipinski definition) is 5. The van der Waals surface area contributed by atoms with Gasteiger partial charge in [0, 0.05) is 31.5 Å². The Bertz CT molecular complexity index is 1070. The van der Waals surface area contributed by atoms with Gasteiger partial charge >= 0.3 is 12.1 Å². The van der Waals surface area contributed by atoms with Crippen molar-refractivity contribution in [1.29, 1.82) is 5.41 Å². The number of hydrogen-bond acceptors (Lipinski definition) is 6. The normalized spacial score (nSPS) is 27.2. The van der Waals surface area contributed by atoms with E-state index in [1.165, 1.54) is 25.7 Å². The minimum atomic E-state index is -5.17. The molecule has 2 heterocycles. The molecule has 218 valence electrons. The lowest BCUT2D eigenvalue weighted by Crippen LogP contribution is -2.59. The summed E-state index contributed by atoms with van der Waals surface area (Å²) >= 11 is 3.79. The molecule has 0 spiro atoms. The number of ketones is 1. The summed E-state index contributed by atoms with van der Waals surface area (Å²) in [6, 6.07) is -3.33. The van der Waals surface area contributed by atoms with Crippen LogP contribution < -0.4 is 16.0 Å². The molecular formula is C25H36F3N5O5S. The molecule has 0 aromatic rings. The number of Topliss-reactive ketones (excluding diaryl/α,β-unsaturated/α-hetero) is 1. The first-order valence-corrected chi connectivity index (χ1v) is 13.3. The van der Waals surface area contributed by atoms with Crippen molar-refractivity contribution < 1.29 is 37.1 Å². The fourth-order valence-electron chi connectivity index (χ4n) is 5.95. The number of piperidine rings is 1. The van der Waals surface area contributed by atoms with E-state index in [1.807, 2.05) is 19.2 Å². The van der Waals surface area contributed by atoms with Gasteiger partial charge in [-0.25, -0.2) is 0 Å². The molecular weight excluding hydrogens is 539 g/mol. The summed E-state index contributed by atoms with van der Waals surface area (Å²) in [7, 11) is 0. The Labute approximate surface area is 230 Å². The third-order valence-corrected chi connectivity index (χ3v) is 8.46. The molecule has 0 aromatic carbocycles. The summed E-state index contributed by atoms with van der Waals surface area (Å²) in [4.78, 5) is 64.5. The zero-order chi connectivity index (χ0) is 29.7. The van der Waals surface area contributed by atoms with Gasteiger partial charge in [-0.15, -0.1) is 12.6 Å². The van der Waals surface area contributed by atoms with Crippen LogP contribution in [-0.4, -0.2) is 76.7 Å². The molecule has 3 aliphatic rings. The van der Waals surface area contributed by atoms with Crippen LogP contribution in [0.1, 0.15) is 53.9 Å². The van der Waals surface area contributed by atoms with Crippen molar-refractivity contribution in [3.05, 3.63) is 0 Å². The van der Waals surface area contributed by atoms with Crippen LogP contribution in [0.5, 0.6) is 0 Å². The Morgan fingerprint density at radius 1 is 1.18 bits per heavy atom. The molecule has 3 fully saturated rings. The molecule has 0 unspecified atom stereocenters. The van der Waals surface area contributed by atoms with E-state index < -0.39 is 64.2 Å². The molecule has 14 heteroatoms. The van der Waals surface area contributed by atoms with Crippen LogP contribution in [0.4, 0.5) is 13.2 Å². The van der Waals surface area contributed by atoms with E-state index in [4.69, 9.17) is 5.41 Å². The average molecular weight is 576 g/mol. The molecule has 10 nitrogen and oxygen atoms in total. The highest BCUT2D eigenvalue weighted by Crippen LogP contribution is 2.65. The first kappa shape index (κ1) is 30.9. The average Bonchev–Trinajstić information content (AvgIpc) is 3.10. The molecule has 4 N–H and O–H groups in total. The minimum absolute atomic E-state index is 0.0141. The second kappa shape index (κ2) is 10.7. The number of rotatable bonds is 9. The summed E-state index contributed by atoms with van der Waals surface area (Å²) < 4.78 is 39.0. The molecule has 3 rings (SSSR count). The summed E-state index contributed by atoms with van der Waals surface area (Å²) in [6.45, 7) is 9.23. The third-order valence-electron chi connectivity index (χ3n) is 8.24. The van der Waals surface area contributed by atoms with Gasteiger partial charge in [-0.1, -0.05) is 34.6 Å². The van der Waals surface area contributed by atoms with Crippen molar-refractivity contribution in [2.75, 3.05) is 13.1 Å². The van der Waals surface area contributed by atoms with Gasteiger partial charge in [-0.3, -0.25) is 29.4 Å². The fourth-order valence-corrected chi connectivity index (χ4v) is 6.11. The predicted octanol–water partition coefficient (Wildman–Crippen LogP) is 1.44. The van der Waals surface area contributed by atoms with Gasteiger partial charge in [-0.05, 0) is 35.5 Å². The van der Waals surface area contributed by atoms with Gasteiger partial charge in [0.25, 0.3) is 0 Å². The van der Waals surface area contributed by atoms with E-state index in [1.54, 1.807) is 0 Å². The molecule has 0 bridgehead atoms. The Morgan fingerprint density at radius 2 is 1.79 bits per heavy atom. The van der Waals surface area contributed by atoms with Crippen molar-refractivity contribution in [3.8, 4) is 0 Å². The van der Waals surface area contributed by atoms with E-state index in [2.05, 4.69) is 23.3 Å². The van der Waals surface area contributed by atoms with Gasteiger partial charge in [0.15, 0.2) is 0 Å². The van der Waals surface area contributed by atoms with Crippen molar-refractivity contribution in [2.45, 2.75) is 78.2 Å². The molecule has 0 aromatic heterocycles. The summed E-state index contributed by atoms with van der Waals surface area (Å²) in [5.74, 6) is -5.15. The maximum absolute atomic E-state index is 13.6. The largest absolute Gasteiger partial charge is 0.471 e. The van der Waals surface area contributed by atoms with E-state index in [0.29, 0.717) is 13.0 Å². The number of amides is 4. The van der Waals surface area contributed by atoms with E-state index in [9.17, 15) is 37.1 Å².